The van der Waals surface area contributed by atoms with Crippen LogP contribution in [0.2, 0.25) is 0 Å². The van der Waals surface area contributed by atoms with Gasteiger partial charge in [0.2, 0.25) is 0 Å². The Morgan fingerprint density at radius 3 is 2.93 bits per heavy atom. The number of aromatic nitrogens is 2. The van der Waals surface area contributed by atoms with Crippen molar-refractivity contribution in [2.75, 3.05) is 7.11 Å². The Morgan fingerprint density at radius 2 is 2.47 bits per heavy atom. The smallest absolute Gasteiger partial charge is 0.328 e. The lowest BCUT2D eigenvalue weighted by Crippen LogP contribution is -2.54. The lowest BCUT2D eigenvalue weighted by molar-refractivity contribution is -0.148. The van der Waals surface area contributed by atoms with Gasteiger partial charge in [-0.3, -0.25) is 4.68 Å². The first-order valence-corrected chi connectivity index (χ1v) is 5.01. The van der Waals surface area contributed by atoms with Gasteiger partial charge < -0.3 is 10.5 Å². The van der Waals surface area contributed by atoms with Crippen LogP contribution in [0, 0.1) is 5.92 Å². The zero-order valence-corrected chi connectivity index (χ0v) is 8.72. The minimum atomic E-state index is -0.916. The van der Waals surface area contributed by atoms with Crippen molar-refractivity contribution in [3.05, 3.63) is 18.5 Å². The summed E-state index contributed by atoms with van der Waals surface area (Å²) in [6.45, 7) is 0.386. The Bertz CT molecular complexity index is 346. The van der Waals surface area contributed by atoms with Gasteiger partial charge in [0.05, 0.1) is 13.7 Å². The summed E-state index contributed by atoms with van der Waals surface area (Å²) in [5.74, 6) is -0.116. The molecule has 0 aliphatic heterocycles. The van der Waals surface area contributed by atoms with Gasteiger partial charge in [-0.2, -0.15) is 5.10 Å². The van der Waals surface area contributed by atoms with Crippen molar-refractivity contribution in [3.63, 3.8) is 0 Å². The minimum Gasteiger partial charge on any atom is -0.468 e. The summed E-state index contributed by atoms with van der Waals surface area (Å²) in [6.07, 6.45) is 5.46. The number of rotatable bonds is 4. The molecule has 1 saturated carbocycles. The van der Waals surface area contributed by atoms with E-state index in [0.29, 0.717) is 6.54 Å². The van der Waals surface area contributed by atoms with Crippen LogP contribution in [0.1, 0.15) is 12.8 Å². The van der Waals surface area contributed by atoms with Crippen molar-refractivity contribution in [2.45, 2.75) is 24.9 Å². The van der Waals surface area contributed by atoms with Gasteiger partial charge in [0, 0.05) is 12.4 Å². The molecule has 1 aromatic rings. The highest BCUT2D eigenvalue weighted by atomic mass is 16.5. The molecule has 82 valence electrons. The SMILES string of the molecule is COC(=O)C(N)(Cn1cccn1)C1CC1. The molecule has 5 nitrogen and oxygen atoms in total. The van der Waals surface area contributed by atoms with Crippen LogP contribution in [-0.4, -0.2) is 28.4 Å². The number of carbonyl (C=O) groups excluding carboxylic acids is 1. The predicted octanol–water partition coefficient (Wildman–Crippen LogP) is 0.164. The van der Waals surface area contributed by atoms with Gasteiger partial charge in [-0.15, -0.1) is 0 Å². The summed E-state index contributed by atoms with van der Waals surface area (Å²) in [4.78, 5) is 11.7. The molecular formula is C10H15N3O2. The molecular weight excluding hydrogens is 194 g/mol. The highest BCUT2D eigenvalue weighted by Gasteiger charge is 2.49. The molecule has 1 unspecified atom stereocenters. The molecule has 0 saturated heterocycles. The average Bonchev–Trinajstić information content (AvgIpc) is 2.98. The number of nitrogens with zero attached hydrogens (tertiary/aromatic N) is 2. The molecule has 2 N–H and O–H groups in total. The van der Waals surface area contributed by atoms with Gasteiger partial charge in [-0.1, -0.05) is 0 Å². The maximum absolute atomic E-state index is 11.7. The van der Waals surface area contributed by atoms with Crippen LogP contribution in [-0.2, 0) is 16.1 Å². The number of ether oxygens (including phenoxy) is 1. The minimum absolute atomic E-state index is 0.231. The van der Waals surface area contributed by atoms with E-state index in [1.807, 2.05) is 6.07 Å². The van der Waals surface area contributed by atoms with E-state index in [0.717, 1.165) is 12.8 Å². The first-order chi connectivity index (χ1) is 7.16. The van der Waals surface area contributed by atoms with Gasteiger partial charge in [0.15, 0.2) is 0 Å². The van der Waals surface area contributed by atoms with Gasteiger partial charge in [-0.05, 0) is 24.8 Å². The Labute approximate surface area is 88.2 Å². The maximum atomic E-state index is 11.7. The van der Waals surface area contributed by atoms with Crippen molar-refractivity contribution in [3.8, 4) is 0 Å². The summed E-state index contributed by atoms with van der Waals surface area (Å²) < 4.78 is 6.44. The molecule has 0 aromatic carbocycles. The molecule has 1 aliphatic rings. The van der Waals surface area contributed by atoms with Gasteiger partial charge in [0.25, 0.3) is 0 Å². The summed E-state index contributed by atoms with van der Waals surface area (Å²) in [6, 6.07) is 1.81. The summed E-state index contributed by atoms with van der Waals surface area (Å²) in [5.41, 5.74) is 5.20. The van der Waals surface area contributed by atoms with Crippen LogP contribution in [0.25, 0.3) is 0 Å². The van der Waals surface area contributed by atoms with E-state index < -0.39 is 5.54 Å². The largest absolute Gasteiger partial charge is 0.468 e. The highest BCUT2D eigenvalue weighted by Crippen LogP contribution is 2.39. The lowest BCUT2D eigenvalue weighted by Gasteiger charge is -2.26. The molecule has 15 heavy (non-hydrogen) atoms. The summed E-state index contributed by atoms with van der Waals surface area (Å²) >= 11 is 0. The predicted molar refractivity (Wildman–Crippen MR) is 53.9 cm³/mol. The van der Waals surface area contributed by atoms with Crippen LogP contribution >= 0.6 is 0 Å². The monoisotopic (exact) mass is 209 g/mol. The van der Waals surface area contributed by atoms with E-state index in [2.05, 4.69) is 5.10 Å². The van der Waals surface area contributed by atoms with E-state index >= 15 is 0 Å². The van der Waals surface area contributed by atoms with Crippen LogP contribution < -0.4 is 5.73 Å². The van der Waals surface area contributed by atoms with Crippen LogP contribution in [0.4, 0.5) is 0 Å². The second-order valence-corrected chi connectivity index (χ2v) is 4.01. The molecule has 0 radical (unpaired) electrons. The quantitative estimate of drug-likeness (QED) is 0.717. The third-order valence-corrected chi connectivity index (χ3v) is 2.85. The second kappa shape index (κ2) is 3.66. The number of hydrogen-bond donors (Lipinski definition) is 1. The molecule has 1 atom stereocenters. The molecule has 1 fully saturated rings. The lowest BCUT2D eigenvalue weighted by atomic mass is 9.94. The number of nitrogens with two attached hydrogens (primary N) is 1. The fourth-order valence-electron chi connectivity index (χ4n) is 1.81. The van der Waals surface area contributed by atoms with E-state index in [9.17, 15) is 4.79 Å². The molecule has 0 spiro atoms. The Hall–Kier alpha value is -1.36. The van der Waals surface area contributed by atoms with Crippen molar-refractivity contribution >= 4 is 5.97 Å². The Kier molecular flexibility index (Phi) is 2.48. The van der Waals surface area contributed by atoms with Crippen molar-refractivity contribution in [1.82, 2.24) is 9.78 Å². The van der Waals surface area contributed by atoms with Crippen LogP contribution in [0.3, 0.4) is 0 Å². The zero-order chi connectivity index (χ0) is 10.9. The fourth-order valence-corrected chi connectivity index (χ4v) is 1.81. The van der Waals surface area contributed by atoms with Gasteiger partial charge in [-0.25, -0.2) is 4.79 Å². The highest BCUT2D eigenvalue weighted by molar-refractivity contribution is 5.81. The molecule has 5 heteroatoms. The van der Waals surface area contributed by atoms with Gasteiger partial charge in [0.1, 0.15) is 5.54 Å². The number of methoxy groups -OCH3 is 1. The second-order valence-electron chi connectivity index (χ2n) is 4.01. The Balaban J connectivity index is 2.15. The normalized spacial score (nSPS) is 19.6. The van der Waals surface area contributed by atoms with Crippen molar-refractivity contribution in [2.24, 2.45) is 11.7 Å². The van der Waals surface area contributed by atoms with E-state index in [4.69, 9.17) is 10.5 Å². The molecule has 2 rings (SSSR count). The van der Waals surface area contributed by atoms with E-state index in [1.54, 1.807) is 17.1 Å². The first-order valence-electron chi connectivity index (χ1n) is 5.01. The number of esters is 1. The molecule has 1 aromatic heterocycles. The Morgan fingerprint density at radius 1 is 1.73 bits per heavy atom. The van der Waals surface area contributed by atoms with E-state index in [1.165, 1.54) is 7.11 Å². The van der Waals surface area contributed by atoms with Crippen LogP contribution in [0.15, 0.2) is 18.5 Å². The fraction of sp³-hybridized carbons (Fsp3) is 0.600. The van der Waals surface area contributed by atoms with E-state index in [-0.39, 0.29) is 11.9 Å². The molecule has 1 aliphatic carbocycles. The average molecular weight is 209 g/mol. The standard InChI is InChI=1S/C10H15N3O2/c1-15-9(14)10(11,8-3-4-8)7-13-6-2-5-12-13/h2,5-6,8H,3-4,7,11H2,1H3. The number of carbonyl (C=O) groups is 1. The third kappa shape index (κ3) is 1.87. The van der Waals surface area contributed by atoms with Crippen LogP contribution in [0.5, 0.6) is 0 Å². The number of hydrogen-bond acceptors (Lipinski definition) is 4. The van der Waals surface area contributed by atoms with Gasteiger partial charge >= 0.3 is 5.97 Å². The molecule has 0 bridgehead atoms. The summed E-state index contributed by atoms with van der Waals surface area (Å²) in [5, 5.41) is 4.06. The zero-order valence-electron chi connectivity index (χ0n) is 8.72. The molecule has 0 amide bonds. The first kappa shape index (κ1) is 10.2. The summed E-state index contributed by atoms with van der Waals surface area (Å²) in [7, 11) is 1.37. The van der Waals surface area contributed by atoms with Crippen molar-refractivity contribution < 1.29 is 9.53 Å². The third-order valence-electron chi connectivity index (χ3n) is 2.85. The topological polar surface area (TPSA) is 70.1 Å². The maximum Gasteiger partial charge on any atom is 0.328 e. The van der Waals surface area contributed by atoms with Crippen molar-refractivity contribution in [1.29, 1.82) is 0 Å². The molecule has 1 heterocycles.